The first-order valence-electron chi connectivity index (χ1n) is 5.75. The molecule has 0 radical (unpaired) electrons. The van der Waals surface area contributed by atoms with Gasteiger partial charge in [-0.15, -0.1) is 0 Å². The van der Waals surface area contributed by atoms with Gasteiger partial charge in [-0.2, -0.15) is 5.10 Å². The Labute approximate surface area is 102 Å². The molecule has 0 amide bonds. The van der Waals surface area contributed by atoms with Crippen LogP contribution in [0.5, 0.6) is 0 Å². The molecule has 0 spiro atoms. The number of hydrogen-bond donors (Lipinski definition) is 2. The van der Waals surface area contributed by atoms with Gasteiger partial charge in [-0.05, 0) is 26.5 Å². The SMILES string of the molecule is CCC(C)n1ccc(CN(C)CC(N)=NO)n1. The summed E-state index contributed by atoms with van der Waals surface area (Å²) in [6, 6.07) is 2.41. The molecule has 1 unspecified atom stereocenters. The highest BCUT2D eigenvalue weighted by Gasteiger charge is 2.07. The number of nitrogens with zero attached hydrogens (tertiary/aromatic N) is 4. The van der Waals surface area contributed by atoms with E-state index in [9.17, 15) is 0 Å². The summed E-state index contributed by atoms with van der Waals surface area (Å²) in [5.74, 6) is 0.203. The summed E-state index contributed by atoms with van der Waals surface area (Å²) < 4.78 is 1.96. The molecule has 0 saturated carbocycles. The van der Waals surface area contributed by atoms with E-state index in [-0.39, 0.29) is 5.84 Å². The van der Waals surface area contributed by atoms with Crippen molar-refractivity contribution in [1.29, 1.82) is 0 Å². The quantitative estimate of drug-likeness (QED) is 0.336. The molecule has 0 bridgehead atoms. The molecule has 0 saturated heterocycles. The van der Waals surface area contributed by atoms with Crippen LogP contribution in [0.25, 0.3) is 0 Å². The van der Waals surface area contributed by atoms with E-state index in [1.165, 1.54) is 0 Å². The van der Waals surface area contributed by atoms with E-state index in [1.54, 1.807) is 0 Å². The predicted octanol–water partition coefficient (Wildman–Crippen LogP) is 1.03. The zero-order valence-corrected chi connectivity index (χ0v) is 10.7. The van der Waals surface area contributed by atoms with Gasteiger partial charge in [-0.1, -0.05) is 12.1 Å². The van der Waals surface area contributed by atoms with Crippen LogP contribution in [0.15, 0.2) is 17.4 Å². The first-order valence-corrected chi connectivity index (χ1v) is 5.75. The molecule has 96 valence electrons. The van der Waals surface area contributed by atoms with Gasteiger partial charge in [0.05, 0.1) is 12.2 Å². The van der Waals surface area contributed by atoms with Crippen LogP contribution in [-0.4, -0.2) is 39.3 Å². The molecule has 0 fully saturated rings. The smallest absolute Gasteiger partial charge is 0.153 e. The second-order valence-electron chi connectivity index (χ2n) is 4.31. The third-order valence-electron chi connectivity index (χ3n) is 2.70. The molecule has 1 rings (SSSR count). The number of hydrogen-bond acceptors (Lipinski definition) is 4. The van der Waals surface area contributed by atoms with Gasteiger partial charge in [0.2, 0.25) is 0 Å². The van der Waals surface area contributed by atoms with Crippen molar-refractivity contribution >= 4 is 5.84 Å². The third-order valence-corrected chi connectivity index (χ3v) is 2.70. The first kappa shape index (κ1) is 13.5. The average molecular weight is 239 g/mol. The number of oxime groups is 1. The number of rotatable bonds is 6. The minimum Gasteiger partial charge on any atom is -0.409 e. The zero-order valence-electron chi connectivity index (χ0n) is 10.7. The van der Waals surface area contributed by atoms with Gasteiger partial charge in [-0.3, -0.25) is 9.58 Å². The largest absolute Gasteiger partial charge is 0.409 e. The predicted molar refractivity (Wildman–Crippen MR) is 67.0 cm³/mol. The highest BCUT2D eigenvalue weighted by molar-refractivity contribution is 5.81. The molecule has 1 aromatic heterocycles. The lowest BCUT2D eigenvalue weighted by atomic mass is 10.3. The topological polar surface area (TPSA) is 79.7 Å². The maximum atomic E-state index is 8.48. The molecule has 1 aromatic rings. The van der Waals surface area contributed by atoms with Crippen LogP contribution >= 0.6 is 0 Å². The normalized spacial score (nSPS) is 14.2. The molecule has 0 aliphatic rings. The van der Waals surface area contributed by atoms with Crippen LogP contribution in [0, 0.1) is 0 Å². The summed E-state index contributed by atoms with van der Waals surface area (Å²) in [6.45, 7) is 5.37. The molecule has 0 aromatic carbocycles. The monoisotopic (exact) mass is 239 g/mol. The van der Waals surface area contributed by atoms with E-state index >= 15 is 0 Å². The van der Waals surface area contributed by atoms with E-state index in [1.807, 2.05) is 28.9 Å². The second kappa shape index (κ2) is 6.24. The molecule has 0 aliphatic heterocycles. The molecule has 1 atom stereocenters. The molecule has 1 heterocycles. The van der Waals surface area contributed by atoms with E-state index in [2.05, 4.69) is 24.1 Å². The lowest BCUT2D eigenvalue weighted by Gasteiger charge is -2.14. The van der Waals surface area contributed by atoms with Gasteiger partial charge >= 0.3 is 0 Å². The Morgan fingerprint density at radius 2 is 2.41 bits per heavy atom. The van der Waals surface area contributed by atoms with Crippen LogP contribution in [0.2, 0.25) is 0 Å². The Balaban J connectivity index is 2.54. The maximum absolute atomic E-state index is 8.48. The number of likely N-dealkylation sites (N-methyl/N-ethyl adjacent to an activating group) is 1. The summed E-state index contributed by atoms with van der Waals surface area (Å²) in [4.78, 5) is 1.94. The summed E-state index contributed by atoms with van der Waals surface area (Å²) in [7, 11) is 1.90. The van der Waals surface area contributed by atoms with Gasteiger partial charge < -0.3 is 10.9 Å². The Morgan fingerprint density at radius 1 is 1.71 bits per heavy atom. The van der Waals surface area contributed by atoms with Crippen LogP contribution < -0.4 is 5.73 Å². The first-order chi connectivity index (χ1) is 8.06. The van der Waals surface area contributed by atoms with Crippen molar-refractivity contribution in [2.24, 2.45) is 10.9 Å². The molecule has 6 heteroatoms. The fourth-order valence-electron chi connectivity index (χ4n) is 1.53. The van der Waals surface area contributed by atoms with E-state index in [0.29, 0.717) is 19.1 Å². The van der Waals surface area contributed by atoms with E-state index in [0.717, 1.165) is 12.1 Å². The van der Waals surface area contributed by atoms with Crippen molar-refractivity contribution in [3.63, 3.8) is 0 Å². The lowest BCUT2D eigenvalue weighted by molar-refractivity contribution is 0.307. The second-order valence-corrected chi connectivity index (χ2v) is 4.31. The summed E-state index contributed by atoms with van der Waals surface area (Å²) in [6.07, 6.45) is 3.04. The molecule has 6 nitrogen and oxygen atoms in total. The molecule has 0 aliphatic carbocycles. The van der Waals surface area contributed by atoms with Crippen molar-refractivity contribution in [1.82, 2.24) is 14.7 Å². The number of aromatic nitrogens is 2. The van der Waals surface area contributed by atoms with E-state index in [4.69, 9.17) is 10.9 Å². The van der Waals surface area contributed by atoms with Gasteiger partial charge in [0, 0.05) is 18.8 Å². The zero-order chi connectivity index (χ0) is 12.8. The van der Waals surface area contributed by atoms with Gasteiger partial charge in [-0.25, -0.2) is 0 Å². The van der Waals surface area contributed by atoms with Gasteiger partial charge in [0.25, 0.3) is 0 Å². The van der Waals surface area contributed by atoms with Crippen molar-refractivity contribution in [2.75, 3.05) is 13.6 Å². The number of nitrogens with two attached hydrogens (primary N) is 1. The van der Waals surface area contributed by atoms with Crippen LogP contribution in [0.4, 0.5) is 0 Å². The van der Waals surface area contributed by atoms with Crippen molar-refractivity contribution in [3.05, 3.63) is 18.0 Å². The standard InChI is InChI=1S/C11H21N5O/c1-4-9(2)16-6-5-10(13-16)7-15(3)8-11(12)14-17/h5-6,9,17H,4,7-8H2,1-3H3,(H2,12,14). The highest BCUT2D eigenvalue weighted by atomic mass is 16.4. The van der Waals surface area contributed by atoms with Crippen LogP contribution in [-0.2, 0) is 6.54 Å². The summed E-state index contributed by atoms with van der Waals surface area (Å²) >= 11 is 0. The Hall–Kier alpha value is -1.56. The fourth-order valence-corrected chi connectivity index (χ4v) is 1.53. The van der Waals surface area contributed by atoms with Crippen molar-refractivity contribution < 1.29 is 5.21 Å². The molecule has 3 N–H and O–H groups in total. The Bertz CT molecular complexity index is 374. The molecule has 17 heavy (non-hydrogen) atoms. The summed E-state index contributed by atoms with van der Waals surface area (Å²) in [5.41, 5.74) is 6.42. The Kier molecular flexibility index (Phi) is 4.96. The molecular formula is C11H21N5O. The van der Waals surface area contributed by atoms with Gasteiger partial charge in [0.1, 0.15) is 0 Å². The average Bonchev–Trinajstić information content (AvgIpc) is 2.76. The lowest BCUT2D eigenvalue weighted by Crippen LogP contribution is -2.30. The van der Waals surface area contributed by atoms with Crippen molar-refractivity contribution in [2.45, 2.75) is 32.9 Å². The minimum atomic E-state index is 0.203. The van der Waals surface area contributed by atoms with E-state index < -0.39 is 0 Å². The van der Waals surface area contributed by atoms with Gasteiger partial charge in [0.15, 0.2) is 5.84 Å². The fraction of sp³-hybridized carbons (Fsp3) is 0.636. The Morgan fingerprint density at radius 3 is 3.00 bits per heavy atom. The maximum Gasteiger partial charge on any atom is 0.153 e. The number of amidine groups is 1. The highest BCUT2D eigenvalue weighted by Crippen LogP contribution is 2.09. The van der Waals surface area contributed by atoms with Crippen LogP contribution in [0.1, 0.15) is 32.0 Å². The third kappa shape index (κ3) is 4.07. The van der Waals surface area contributed by atoms with Crippen molar-refractivity contribution in [3.8, 4) is 0 Å². The molecular weight excluding hydrogens is 218 g/mol. The van der Waals surface area contributed by atoms with Crippen LogP contribution in [0.3, 0.4) is 0 Å². The summed E-state index contributed by atoms with van der Waals surface area (Å²) in [5, 5.41) is 15.9. The minimum absolute atomic E-state index is 0.203.